The molecule has 2 rings (SSSR count). The van der Waals surface area contributed by atoms with Crippen LogP contribution in [-0.4, -0.2) is 36.7 Å². The first-order valence-corrected chi connectivity index (χ1v) is 7.75. The molecule has 1 unspecified atom stereocenters. The molecule has 0 bridgehead atoms. The largest absolute Gasteiger partial charge is 0.480 e. The predicted molar refractivity (Wildman–Crippen MR) is 90.8 cm³/mol. The third-order valence-electron chi connectivity index (χ3n) is 3.75. The Hall–Kier alpha value is -2.66. The van der Waals surface area contributed by atoms with E-state index in [0.717, 1.165) is 11.1 Å². The highest BCUT2D eigenvalue weighted by Gasteiger charge is 2.27. The number of ether oxygens (including phenoxy) is 1. The zero-order valence-corrected chi connectivity index (χ0v) is 13.5. The van der Waals surface area contributed by atoms with Crippen molar-refractivity contribution < 1.29 is 19.4 Å². The number of methoxy groups -OCH3 is 1. The highest BCUT2D eigenvalue weighted by molar-refractivity contribution is 5.90. The number of nitrogens with one attached hydrogen (secondary N) is 1. The summed E-state index contributed by atoms with van der Waals surface area (Å²) in [6.07, 6.45) is 0.216. The molecule has 2 aromatic rings. The lowest BCUT2D eigenvalue weighted by molar-refractivity contribution is -0.142. The Balaban J connectivity index is 2.26. The first-order chi connectivity index (χ1) is 11.6. The van der Waals surface area contributed by atoms with Gasteiger partial charge in [0, 0.05) is 20.1 Å². The molecule has 2 aromatic carbocycles. The monoisotopic (exact) mass is 327 g/mol. The van der Waals surface area contributed by atoms with Gasteiger partial charge in [0.2, 0.25) is 5.91 Å². The third-order valence-corrected chi connectivity index (χ3v) is 3.75. The molecule has 1 atom stereocenters. The first-order valence-electron chi connectivity index (χ1n) is 7.75. The van der Waals surface area contributed by atoms with Crippen LogP contribution in [0.25, 0.3) is 0 Å². The molecule has 1 amide bonds. The van der Waals surface area contributed by atoms with Crippen molar-refractivity contribution in [2.75, 3.05) is 13.7 Å². The number of hydrogen-bond acceptors (Lipinski definition) is 3. The van der Waals surface area contributed by atoms with Crippen molar-refractivity contribution in [2.24, 2.45) is 0 Å². The van der Waals surface area contributed by atoms with Crippen molar-refractivity contribution in [1.82, 2.24) is 5.32 Å². The van der Waals surface area contributed by atoms with Gasteiger partial charge in [0.15, 0.2) is 0 Å². The van der Waals surface area contributed by atoms with E-state index >= 15 is 0 Å². The molecule has 5 nitrogen and oxygen atoms in total. The topological polar surface area (TPSA) is 75.6 Å². The molecule has 126 valence electrons. The lowest BCUT2D eigenvalue weighted by Crippen LogP contribution is -2.43. The SMILES string of the molecule is COCCC(NC(=O)C(c1ccccc1)c1ccccc1)C(=O)O. The number of aliphatic carboxylic acids is 1. The zero-order valence-electron chi connectivity index (χ0n) is 13.5. The van der Waals surface area contributed by atoms with E-state index in [1.807, 2.05) is 60.7 Å². The van der Waals surface area contributed by atoms with Crippen molar-refractivity contribution in [3.8, 4) is 0 Å². The Morgan fingerprint density at radius 2 is 1.50 bits per heavy atom. The van der Waals surface area contributed by atoms with E-state index in [-0.39, 0.29) is 18.9 Å². The second-order valence-corrected chi connectivity index (χ2v) is 5.44. The van der Waals surface area contributed by atoms with Crippen molar-refractivity contribution in [2.45, 2.75) is 18.4 Å². The maximum Gasteiger partial charge on any atom is 0.326 e. The van der Waals surface area contributed by atoms with Crippen LogP contribution < -0.4 is 5.32 Å². The lowest BCUT2D eigenvalue weighted by atomic mass is 9.90. The number of carbonyl (C=O) groups excluding carboxylic acids is 1. The van der Waals surface area contributed by atoms with E-state index in [9.17, 15) is 14.7 Å². The fourth-order valence-electron chi connectivity index (χ4n) is 2.53. The molecule has 0 fully saturated rings. The summed E-state index contributed by atoms with van der Waals surface area (Å²) in [5, 5.41) is 11.9. The van der Waals surface area contributed by atoms with Crippen molar-refractivity contribution in [3.05, 3.63) is 71.8 Å². The number of amides is 1. The van der Waals surface area contributed by atoms with E-state index in [2.05, 4.69) is 5.32 Å². The molecule has 0 saturated carbocycles. The maximum atomic E-state index is 12.8. The van der Waals surface area contributed by atoms with Crippen LogP contribution in [0.15, 0.2) is 60.7 Å². The molecular weight excluding hydrogens is 306 g/mol. The molecule has 24 heavy (non-hydrogen) atoms. The summed E-state index contributed by atoms with van der Waals surface area (Å²) in [5.74, 6) is -1.96. The molecule has 0 radical (unpaired) electrons. The Bertz CT molecular complexity index is 618. The van der Waals surface area contributed by atoms with Crippen molar-refractivity contribution in [3.63, 3.8) is 0 Å². The summed E-state index contributed by atoms with van der Waals surface area (Å²) >= 11 is 0. The molecular formula is C19H21NO4. The number of rotatable bonds is 8. The van der Waals surface area contributed by atoms with Gasteiger partial charge in [-0.3, -0.25) is 4.79 Å². The van der Waals surface area contributed by atoms with Crippen molar-refractivity contribution >= 4 is 11.9 Å². The van der Waals surface area contributed by atoms with Gasteiger partial charge in [0.1, 0.15) is 6.04 Å². The van der Waals surface area contributed by atoms with Crippen molar-refractivity contribution in [1.29, 1.82) is 0 Å². The second-order valence-electron chi connectivity index (χ2n) is 5.44. The average molecular weight is 327 g/mol. The highest BCUT2D eigenvalue weighted by atomic mass is 16.5. The van der Waals surface area contributed by atoms with Gasteiger partial charge in [-0.2, -0.15) is 0 Å². The fraction of sp³-hybridized carbons (Fsp3) is 0.263. The Morgan fingerprint density at radius 3 is 1.92 bits per heavy atom. The van der Waals surface area contributed by atoms with Crippen LogP contribution in [0.5, 0.6) is 0 Å². The summed E-state index contributed by atoms with van der Waals surface area (Å²) < 4.78 is 4.92. The highest BCUT2D eigenvalue weighted by Crippen LogP contribution is 2.25. The number of hydrogen-bond donors (Lipinski definition) is 2. The Kier molecular flexibility index (Phi) is 6.51. The number of carboxylic acids is 1. The fourth-order valence-corrected chi connectivity index (χ4v) is 2.53. The minimum atomic E-state index is -1.07. The van der Waals surface area contributed by atoms with Crippen LogP contribution in [0.3, 0.4) is 0 Å². The third kappa shape index (κ3) is 4.67. The molecule has 0 aliphatic rings. The van der Waals surface area contributed by atoms with Crippen LogP contribution >= 0.6 is 0 Å². The molecule has 0 saturated heterocycles. The van der Waals surface area contributed by atoms with E-state index < -0.39 is 17.9 Å². The van der Waals surface area contributed by atoms with Gasteiger partial charge < -0.3 is 15.2 Å². The maximum absolute atomic E-state index is 12.8. The minimum absolute atomic E-state index is 0.216. The van der Waals surface area contributed by atoms with Crippen LogP contribution in [0, 0.1) is 0 Å². The smallest absolute Gasteiger partial charge is 0.326 e. The molecule has 0 aromatic heterocycles. The molecule has 0 aliphatic carbocycles. The minimum Gasteiger partial charge on any atom is -0.480 e. The number of carbonyl (C=O) groups is 2. The normalized spacial score (nSPS) is 11.9. The summed E-state index contributed by atoms with van der Waals surface area (Å²) in [5.41, 5.74) is 1.63. The first kappa shape index (κ1) is 17.7. The number of carboxylic acid groups (broad SMARTS) is 1. The van der Waals surface area contributed by atoms with Gasteiger partial charge in [-0.15, -0.1) is 0 Å². The summed E-state index contributed by atoms with van der Waals surface area (Å²) in [7, 11) is 1.50. The molecule has 5 heteroatoms. The van der Waals surface area contributed by atoms with E-state index in [4.69, 9.17) is 4.74 Å². The Morgan fingerprint density at radius 1 is 1.00 bits per heavy atom. The van der Waals surface area contributed by atoms with Gasteiger partial charge in [0.05, 0.1) is 5.92 Å². The molecule has 0 aliphatic heterocycles. The zero-order chi connectivity index (χ0) is 17.4. The van der Waals surface area contributed by atoms with Gasteiger partial charge in [-0.05, 0) is 11.1 Å². The standard InChI is InChI=1S/C19H21NO4/c1-24-13-12-16(19(22)23)20-18(21)17(14-8-4-2-5-9-14)15-10-6-3-7-11-15/h2-11,16-17H,12-13H2,1H3,(H,20,21)(H,22,23). The van der Waals surface area contributed by atoms with Crippen LogP contribution in [0.4, 0.5) is 0 Å². The van der Waals surface area contributed by atoms with Gasteiger partial charge >= 0.3 is 5.97 Å². The van der Waals surface area contributed by atoms with E-state index in [1.54, 1.807) is 0 Å². The summed E-state index contributed by atoms with van der Waals surface area (Å²) in [4.78, 5) is 24.2. The molecule has 0 heterocycles. The van der Waals surface area contributed by atoms with Crippen LogP contribution in [0.2, 0.25) is 0 Å². The molecule has 0 spiro atoms. The van der Waals surface area contributed by atoms with E-state index in [0.29, 0.717) is 0 Å². The summed E-state index contributed by atoms with van der Waals surface area (Å²) in [6.45, 7) is 0.262. The average Bonchev–Trinajstić information content (AvgIpc) is 2.60. The quantitative estimate of drug-likeness (QED) is 0.781. The predicted octanol–water partition coefficient (Wildman–Crippen LogP) is 2.42. The summed E-state index contributed by atoms with van der Waals surface area (Å²) in [6, 6.07) is 17.7. The van der Waals surface area contributed by atoms with Gasteiger partial charge in [0.25, 0.3) is 0 Å². The van der Waals surface area contributed by atoms with Gasteiger partial charge in [-0.1, -0.05) is 60.7 Å². The molecule has 2 N–H and O–H groups in total. The van der Waals surface area contributed by atoms with Crippen LogP contribution in [-0.2, 0) is 14.3 Å². The van der Waals surface area contributed by atoms with Gasteiger partial charge in [-0.25, -0.2) is 4.79 Å². The lowest BCUT2D eigenvalue weighted by Gasteiger charge is -2.21. The number of benzene rings is 2. The van der Waals surface area contributed by atoms with E-state index in [1.165, 1.54) is 7.11 Å². The van der Waals surface area contributed by atoms with Crippen LogP contribution in [0.1, 0.15) is 23.5 Å². The second kappa shape index (κ2) is 8.84. The Labute approximate surface area is 141 Å².